The van der Waals surface area contributed by atoms with Crippen LogP contribution >= 0.6 is 15.9 Å². The van der Waals surface area contributed by atoms with Crippen molar-refractivity contribution >= 4 is 26.0 Å². The molecule has 7 heteroatoms. The molecule has 21 heavy (non-hydrogen) atoms. The lowest BCUT2D eigenvalue weighted by Crippen LogP contribution is -2.34. The van der Waals surface area contributed by atoms with Gasteiger partial charge in [0.15, 0.2) is 0 Å². The van der Waals surface area contributed by atoms with Crippen molar-refractivity contribution in [1.29, 1.82) is 0 Å². The zero-order chi connectivity index (χ0) is 15.6. The van der Waals surface area contributed by atoms with Crippen LogP contribution < -0.4 is 10.5 Å². The van der Waals surface area contributed by atoms with E-state index in [4.69, 9.17) is 10.5 Å². The van der Waals surface area contributed by atoms with Crippen LogP contribution in [0.25, 0.3) is 0 Å². The van der Waals surface area contributed by atoms with Gasteiger partial charge in [0, 0.05) is 17.1 Å². The number of ether oxygens (including phenoxy) is 1. The van der Waals surface area contributed by atoms with Gasteiger partial charge in [-0.2, -0.15) is 4.31 Å². The molecule has 0 bridgehead atoms. The van der Waals surface area contributed by atoms with Gasteiger partial charge in [-0.25, -0.2) is 8.42 Å². The van der Waals surface area contributed by atoms with Crippen LogP contribution in [0.5, 0.6) is 5.75 Å². The van der Waals surface area contributed by atoms with Gasteiger partial charge in [-0.15, -0.1) is 0 Å². The van der Waals surface area contributed by atoms with Crippen molar-refractivity contribution in [2.75, 3.05) is 19.7 Å². The number of nitrogens with two attached hydrogens (primary N) is 1. The first-order valence-electron chi connectivity index (χ1n) is 7.04. The van der Waals surface area contributed by atoms with Crippen LogP contribution in [0.4, 0.5) is 0 Å². The van der Waals surface area contributed by atoms with Gasteiger partial charge in [0.2, 0.25) is 10.0 Å². The largest absolute Gasteiger partial charge is 0.492 e. The maximum absolute atomic E-state index is 12.9. The van der Waals surface area contributed by atoms with Crippen LogP contribution in [0.2, 0.25) is 0 Å². The lowest BCUT2D eigenvalue weighted by molar-refractivity contribution is 0.328. The minimum Gasteiger partial charge on any atom is -0.492 e. The Hall–Kier alpha value is -0.630. The number of rotatable bonds is 5. The maximum Gasteiger partial charge on any atom is 0.247 e. The number of nitrogens with zero attached hydrogens (tertiary/aromatic N) is 1. The Kier molecular flexibility index (Phi) is 5.29. The Morgan fingerprint density at radius 1 is 1.48 bits per heavy atom. The molecule has 1 heterocycles. The van der Waals surface area contributed by atoms with Gasteiger partial charge in [-0.3, -0.25) is 0 Å². The van der Waals surface area contributed by atoms with Gasteiger partial charge >= 0.3 is 0 Å². The molecule has 1 aromatic rings. The van der Waals surface area contributed by atoms with E-state index in [2.05, 4.69) is 15.9 Å². The minimum absolute atomic E-state index is 0.0444. The topological polar surface area (TPSA) is 72.6 Å². The molecule has 1 aliphatic rings. The third kappa shape index (κ3) is 3.41. The highest BCUT2D eigenvalue weighted by Crippen LogP contribution is 2.34. The zero-order valence-electron chi connectivity index (χ0n) is 12.3. The summed E-state index contributed by atoms with van der Waals surface area (Å²) in [6, 6.07) is 5.02. The van der Waals surface area contributed by atoms with Crippen LogP contribution in [0.3, 0.4) is 0 Å². The van der Waals surface area contributed by atoms with Crippen molar-refractivity contribution < 1.29 is 13.2 Å². The fourth-order valence-electron chi connectivity index (χ4n) is 2.70. The Morgan fingerprint density at radius 3 is 2.76 bits per heavy atom. The summed E-state index contributed by atoms with van der Waals surface area (Å²) in [5.74, 6) is 0.613. The molecule has 118 valence electrons. The maximum atomic E-state index is 12.9. The Morgan fingerprint density at radius 2 is 2.19 bits per heavy atom. The molecule has 0 saturated carbocycles. The summed E-state index contributed by atoms with van der Waals surface area (Å²) < 4.78 is 33.6. The van der Waals surface area contributed by atoms with Crippen molar-refractivity contribution in [3.05, 3.63) is 22.7 Å². The van der Waals surface area contributed by atoms with Crippen molar-refractivity contribution in [3.8, 4) is 5.75 Å². The van der Waals surface area contributed by atoms with Crippen LogP contribution in [0.1, 0.15) is 20.3 Å². The number of benzene rings is 1. The highest BCUT2D eigenvalue weighted by Gasteiger charge is 2.38. The minimum atomic E-state index is -3.58. The lowest BCUT2D eigenvalue weighted by Gasteiger charge is -2.22. The summed E-state index contributed by atoms with van der Waals surface area (Å²) in [7, 11) is -3.58. The summed E-state index contributed by atoms with van der Waals surface area (Å²) in [5.41, 5.74) is 5.69. The van der Waals surface area contributed by atoms with Gasteiger partial charge in [-0.1, -0.05) is 15.9 Å². The Bertz CT molecular complexity index is 606. The predicted molar refractivity (Wildman–Crippen MR) is 85.8 cm³/mol. The van der Waals surface area contributed by atoms with E-state index in [1.807, 2.05) is 13.8 Å². The number of hydrogen-bond acceptors (Lipinski definition) is 4. The highest BCUT2D eigenvalue weighted by molar-refractivity contribution is 9.10. The van der Waals surface area contributed by atoms with Crippen molar-refractivity contribution in [2.24, 2.45) is 11.7 Å². The van der Waals surface area contributed by atoms with E-state index in [9.17, 15) is 8.42 Å². The lowest BCUT2D eigenvalue weighted by atomic mass is 10.1. The monoisotopic (exact) mass is 376 g/mol. The normalized spacial score (nSPS) is 23.4. The summed E-state index contributed by atoms with van der Waals surface area (Å²) in [4.78, 5) is 0.211. The summed E-state index contributed by atoms with van der Waals surface area (Å²) in [5, 5.41) is 0. The molecule has 2 N–H and O–H groups in total. The fraction of sp³-hybridized carbons (Fsp3) is 0.571. The smallest absolute Gasteiger partial charge is 0.247 e. The predicted octanol–water partition coefficient (Wildman–Crippen LogP) is 2.21. The van der Waals surface area contributed by atoms with E-state index < -0.39 is 10.0 Å². The molecule has 1 saturated heterocycles. The average Bonchev–Trinajstić information content (AvgIpc) is 2.83. The molecule has 2 atom stereocenters. The summed E-state index contributed by atoms with van der Waals surface area (Å²) in [6.45, 7) is 5.16. The molecule has 1 aliphatic heterocycles. The molecule has 0 radical (unpaired) electrons. The van der Waals surface area contributed by atoms with E-state index in [0.29, 0.717) is 29.9 Å². The molecular weight excluding hydrogens is 356 g/mol. The Balaban J connectivity index is 2.42. The third-order valence-corrected chi connectivity index (χ3v) is 6.22. The van der Waals surface area contributed by atoms with Crippen molar-refractivity contribution in [1.82, 2.24) is 4.31 Å². The zero-order valence-corrected chi connectivity index (χ0v) is 14.7. The van der Waals surface area contributed by atoms with Gasteiger partial charge in [0.25, 0.3) is 0 Å². The SMILES string of the molecule is CCOc1ccc(Br)cc1S(=O)(=O)N1CC(CN)CC1C. The summed E-state index contributed by atoms with van der Waals surface area (Å²) in [6.07, 6.45) is 0.799. The first kappa shape index (κ1) is 16.7. The molecule has 1 fully saturated rings. The van der Waals surface area contributed by atoms with Gasteiger partial charge < -0.3 is 10.5 Å². The van der Waals surface area contributed by atoms with Crippen molar-refractivity contribution in [2.45, 2.75) is 31.2 Å². The molecule has 0 aromatic heterocycles. The molecule has 0 amide bonds. The van der Waals surface area contributed by atoms with E-state index in [-0.39, 0.29) is 16.9 Å². The number of sulfonamides is 1. The molecule has 2 rings (SSSR count). The second kappa shape index (κ2) is 6.64. The van der Waals surface area contributed by atoms with Crippen LogP contribution in [0.15, 0.2) is 27.6 Å². The van der Waals surface area contributed by atoms with E-state index in [1.165, 1.54) is 4.31 Å². The molecule has 5 nitrogen and oxygen atoms in total. The molecule has 2 unspecified atom stereocenters. The summed E-state index contributed by atoms with van der Waals surface area (Å²) >= 11 is 3.33. The highest BCUT2D eigenvalue weighted by atomic mass is 79.9. The van der Waals surface area contributed by atoms with E-state index in [0.717, 1.165) is 6.42 Å². The molecule has 1 aromatic carbocycles. The number of hydrogen-bond donors (Lipinski definition) is 1. The van der Waals surface area contributed by atoms with Crippen LogP contribution in [-0.2, 0) is 10.0 Å². The van der Waals surface area contributed by atoms with E-state index >= 15 is 0 Å². The number of halogens is 1. The molecule has 0 aliphatic carbocycles. The average molecular weight is 377 g/mol. The fourth-order valence-corrected chi connectivity index (χ4v) is 5.09. The first-order chi connectivity index (χ1) is 9.90. The van der Waals surface area contributed by atoms with Crippen molar-refractivity contribution in [3.63, 3.8) is 0 Å². The molecular formula is C14H21BrN2O3S. The Labute approximate surface area is 134 Å². The second-order valence-electron chi connectivity index (χ2n) is 5.29. The van der Waals surface area contributed by atoms with Crippen LogP contribution in [0, 0.1) is 5.92 Å². The standard InChI is InChI=1S/C14H21BrN2O3S/c1-3-20-13-5-4-12(15)7-14(13)21(18,19)17-9-11(8-16)6-10(17)2/h4-5,7,10-11H,3,6,8-9,16H2,1-2H3. The van der Waals surface area contributed by atoms with Gasteiger partial charge in [0.1, 0.15) is 10.6 Å². The molecule has 0 spiro atoms. The van der Waals surface area contributed by atoms with Gasteiger partial charge in [0.05, 0.1) is 6.61 Å². The quantitative estimate of drug-likeness (QED) is 0.854. The van der Waals surface area contributed by atoms with Crippen LogP contribution in [-0.4, -0.2) is 38.5 Å². The second-order valence-corrected chi connectivity index (χ2v) is 8.06. The van der Waals surface area contributed by atoms with E-state index in [1.54, 1.807) is 18.2 Å². The van der Waals surface area contributed by atoms with Gasteiger partial charge in [-0.05, 0) is 50.9 Å². The first-order valence-corrected chi connectivity index (χ1v) is 9.27. The third-order valence-electron chi connectivity index (χ3n) is 3.73.